The van der Waals surface area contributed by atoms with Crippen LogP contribution in [-0.4, -0.2) is 25.1 Å². The van der Waals surface area contributed by atoms with Crippen molar-refractivity contribution in [1.82, 2.24) is 14.8 Å². The Morgan fingerprint density at radius 1 is 1.33 bits per heavy atom. The fraction of sp³-hybridized carbons (Fsp3) is 0. The Morgan fingerprint density at radius 2 is 2.07 bits per heavy atom. The van der Waals surface area contributed by atoms with Crippen molar-refractivity contribution >= 4 is 16.8 Å². The molecule has 0 amide bonds. The monoisotopic (exact) mass is 222 g/mol. The predicted octanol–water partition coefficient (Wildman–Crippen LogP) is 1.64. The maximum absolute atomic E-state index is 8.47. The topological polar surface area (TPSA) is 63.3 Å². The first kappa shape index (κ1) is 9.67. The lowest BCUT2D eigenvalue weighted by molar-refractivity contribution is 0.321. The van der Waals surface area contributed by atoms with E-state index in [0.29, 0.717) is 5.56 Å². The van der Waals surface area contributed by atoms with E-state index in [0.717, 1.165) is 5.69 Å². The van der Waals surface area contributed by atoms with Crippen molar-refractivity contribution in [3.05, 3.63) is 42.5 Å². The van der Waals surface area contributed by atoms with E-state index in [9.17, 15) is 0 Å². The predicted molar refractivity (Wildman–Crippen MR) is 55.5 cm³/mol. The van der Waals surface area contributed by atoms with Gasteiger partial charge in [0.25, 0.3) is 0 Å². The normalized spacial score (nSPS) is 11.7. The molecule has 0 atom stereocenters. The molecular weight excluding hydrogens is 216 g/mol. The summed E-state index contributed by atoms with van der Waals surface area (Å²) in [5.74, 6) is 0. The molecule has 0 unspecified atom stereocenters. The average Bonchev–Trinajstić information content (AvgIpc) is 2.82. The van der Waals surface area contributed by atoms with Gasteiger partial charge in [-0.3, -0.25) is 0 Å². The number of halogens is 1. The number of hydrogen-bond donors (Lipinski definition) is 1. The summed E-state index contributed by atoms with van der Waals surface area (Å²) in [7, 11) is 0. The Kier molecular flexibility index (Phi) is 2.64. The first-order valence-electron chi connectivity index (χ1n) is 4.14. The third-order valence-electron chi connectivity index (χ3n) is 1.88. The molecule has 0 bridgehead atoms. The van der Waals surface area contributed by atoms with Crippen LogP contribution in [0.1, 0.15) is 5.56 Å². The zero-order chi connectivity index (χ0) is 10.7. The molecule has 2 aromatic rings. The molecule has 0 radical (unpaired) electrons. The quantitative estimate of drug-likeness (QED) is 0.477. The summed E-state index contributed by atoms with van der Waals surface area (Å²) < 4.78 is 1.62. The number of rotatable bonds is 2. The molecule has 1 aromatic heterocycles. The van der Waals surface area contributed by atoms with E-state index in [1.807, 2.05) is 0 Å². The molecule has 76 valence electrons. The summed E-state index contributed by atoms with van der Waals surface area (Å²) in [6.07, 6.45) is 3.05. The van der Waals surface area contributed by atoms with Crippen LogP contribution < -0.4 is 0 Å². The number of aromatic nitrogens is 3. The molecule has 2 rings (SSSR count). The molecule has 0 aliphatic carbocycles. The molecule has 5 nitrogen and oxygen atoms in total. The lowest BCUT2D eigenvalue weighted by Gasteiger charge is -2.01. The second kappa shape index (κ2) is 4.10. The highest BCUT2D eigenvalue weighted by Crippen LogP contribution is 2.10. The SMILES string of the molecule is ON=C(Cl)c1ccc(-n2cncn2)cc1. The van der Waals surface area contributed by atoms with Gasteiger partial charge in [0.2, 0.25) is 0 Å². The first-order valence-corrected chi connectivity index (χ1v) is 4.52. The van der Waals surface area contributed by atoms with E-state index in [4.69, 9.17) is 16.8 Å². The van der Waals surface area contributed by atoms with Gasteiger partial charge >= 0.3 is 0 Å². The lowest BCUT2D eigenvalue weighted by atomic mass is 10.2. The Labute approximate surface area is 90.6 Å². The van der Waals surface area contributed by atoms with Crippen LogP contribution in [0.5, 0.6) is 0 Å². The van der Waals surface area contributed by atoms with Crippen molar-refractivity contribution in [2.45, 2.75) is 0 Å². The van der Waals surface area contributed by atoms with Gasteiger partial charge in [0.15, 0.2) is 5.17 Å². The molecule has 1 aromatic carbocycles. The van der Waals surface area contributed by atoms with Crippen molar-refractivity contribution in [1.29, 1.82) is 0 Å². The van der Waals surface area contributed by atoms with Gasteiger partial charge in [-0.1, -0.05) is 16.8 Å². The Balaban J connectivity index is 2.33. The minimum atomic E-state index is 0.0557. The first-order chi connectivity index (χ1) is 7.31. The van der Waals surface area contributed by atoms with Crippen molar-refractivity contribution in [2.75, 3.05) is 0 Å². The summed E-state index contributed by atoms with van der Waals surface area (Å²) in [5, 5.41) is 15.4. The van der Waals surface area contributed by atoms with Gasteiger partial charge in [0.05, 0.1) is 5.69 Å². The molecule has 0 aliphatic rings. The minimum Gasteiger partial charge on any atom is -0.410 e. The van der Waals surface area contributed by atoms with Crippen LogP contribution >= 0.6 is 11.6 Å². The third-order valence-corrected chi connectivity index (χ3v) is 2.17. The third kappa shape index (κ3) is 1.97. The van der Waals surface area contributed by atoms with E-state index in [2.05, 4.69) is 15.2 Å². The summed E-state index contributed by atoms with van der Waals surface area (Å²) in [4.78, 5) is 3.83. The van der Waals surface area contributed by atoms with Crippen LogP contribution in [0.25, 0.3) is 5.69 Å². The number of oxime groups is 1. The maximum Gasteiger partial charge on any atom is 0.175 e. The highest BCUT2D eigenvalue weighted by Gasteiger charge is 2.01. The molecule has 0 aliphatic heterocycles. The second-order valence-corrected chi connectivity index (χ2v) is 3.14. The lowest BCUT2D eigenvalue weighted by Crippen LogP contribution is -1.96. The van der Waals surface area contributed by atoms with E-state index >= 15 is 0 Å². The summed E-state index contributed by atoms with van der Waals surface area (Å²) in [5.41, 5.74) is 1.50. The van der Waals surface area contributed by atoms with Crippen molar-refractivity contribution in [3.8, 4) is 5.69 Å². The average molecular weight is 223 g/mol. The van der Waals surface area contributed by atoms with Gasteiger partial charge in [0, 0.05) is 5.56 Å². The van der Waals surface area contributed by atoms with Crippen LogP contribution in [0.4, 0.5) is 0 Å². The Bertz CT molecular complexity index is 463. The molecule has 6 heteroatoms. The van der Waals surface area contributed by atoms with Crippen LogP contribution in [0.3, 0.4) is 0 Å². The van der Waals surface area contributed by atoms with E-state index in [1.165, 1.54) is 6.33 Å². The van der Waals surface area contributed by atoms with E-state index < -0.39 is 0 Å². The smallest absolute Gasteiger partial charge is 0.175 e. The van der Waals surface area contributed by atoms with Crippen molar-refractivity contribution < 1.29 is 5.21 Å². The largest absolute Gasteiger partial charge is 0.410 e. The zero-order valence-electron chi connectivity index (χ0n) is 7.58. The van der Waals surface area contributed by atoms with Gasteiger partial charge in [-0.15, -0.1) is 0 Å². The molecule has 0 saturated heterocycles. The standard InChI is InChI=1S/C9H7ClN4O/c10-9(13-15)7-1-3-8(4-2-7)14-6-11-5-12-14/h1-6,15H. The van der Waals surface area contributed by atoms with Crippen LogP contribution in [-0.2, 0) is 0 Å². The molecule has 15 heavy (non-hydrogen) atoms. The summed E-state index contributed by atoms with van der Waals surface area (Å²) >= 11 is 5.63. The van der Waals surface area contributed by atoms with Gasteiger partial charge in [-0.2, -0.15) is 5.10 Å². The number of hydrogen-bond acceptors (Lipinski definition) is 4. The van der Waals surface area contributed by atoms with Crippen LogP contribution in [0.15, 0.2) is 42.1 Å². The number of nitrogens with zero attached hydrogens (tertiary/aromatic N) is 4. The summed E-state index contributed by atoms with van der Waals surface area (Å²) in [6.45, 7) is 0. The molecule has 0 saturated carbocycles. The van der Waals surface area contributed by atoms with E-state index in [-0.39, 0.29) is 5.17 Å². The fourth-order valence-electron chi connectivity index (χ4n) is 1.15. The van der Waals surface area contributed by atoms with Gasteiger partial charge in [0.1, 0.15) is 12.7 Å². The van der Waals surface area contributed by atoms with Gasteiger partial charge < -0.3 is 5.21 Å². The van der Waals surface area contributed by atoms with Crippen molar-refractivity contribution in [2.24, 2.45) is 5.16 Å². The fourth-order valence-corrected chi connectivity index (χ4v) is 1.28. The van der Waals surface area contributed by atoms with Crippen LogP contribution in [0, 0.1) is 0 Å². The highest BCUT2D eigenvalue weighted by atomic mass is 35.5. The highest BCUT2D eigenvalue weighted by molar-refractivity contribution is 6.69. The Hall–Kier alpha value is -1.88. The van der Waals surface area contributed by atoms with Gasteiger partial charge in [-0.25, -0.2) is 9.67 Å². The molecule has 1 heterocycles. The van der Waals surface area contributed by atoms with E-state index in [1.54, 1.807) is 35.3 Å². The van der Waals surface area contributed by atoms with Crippen molar-refractivity contribution in [3.63, 3.8) is 0 Å². The molecular formula is C9H7ClN4O. The molecule has 0 fully saturated rings. The maximum atomic E-state index is 8.47. The minimum absolute atomic E-state index is 0.0557. The van der Waals surface area contributed by atoms with Gasteiger partial charge in [-0.05, 0) is 24.3 Å². The number of benzene rings is 1. The molecule has 1 N–H and O–H groups in total. The second-order valence-electron chi connectivity index (χ2n) is 2.78. The van der Waals surface area contributed by atoms with Crippen LogP contribution in [0.2, 0.25) is 0 Å². The zero-order valence-corrected chi connectivity index (χ0v) is 8.33. The summed E-state index contributed by atoms with van der Waals surface area (Å²) in [6, 6.07) is 7.08. The molecule has 0 spiro atoms. The Morgan fingerprint density at radius 3 is 2.60 bits per heavy atom.